The number of nitrogens with one attached hydrogen (secondary N) is 2. The molecule has 4 rings (SSSR count). The maximum atomic E-state index is 8.80. The molecule has 10 heteroatoms. The normalized spacial score (nSPS) is 18.0. The van der Waals surface area contributed by atoms with Crippen molar-refractivity contribution in [2.75, 3.05) is 12.4 Å². The van der Waals surface area contributed by atoms with Crippen LogP contribution in [0.15, 0.2) is 30.7 Å². The van der Waals surface area contributed by atoms with Crippen LogP contribution in [0.25, 0.3) is 11.3 Å². The Morgan fingerprint density at radius 3 is 2.79 bits per heavy atom. The van der Waals surface area contributed by atoms with E-state index in [-0.39, 0.29) is 17.8 Å². The molecule has 0 unspecified atom stereocenters. The monoisotopic (exact) mass is 378 g/mol. The topological polar surface area (TPSA) is 148 Å². The SMILES string of the molecule is COc1nccc(O[C@H]2C[C@H](N)C2)c1-c1cc(Nc2cnc(C#N)cn2)n[nH]1. The van der Waals surface area contributed by atoms with E-state index < -0.39 is 0 Å². The van der Waals surface area contributed by atoms with Gasteiger partial charge in [-0.1, -0.05) is 0 Å². The summed E-state index contributed by atoms with van der Waals surface area (Å²) in [5, 5.41) is 19.0. The number of hydrogen-bond donors (Lipinski definition) is 3. The second-order valence-electron chi connectivity index (χ2n) is 6.36. The van der Waals surface area contributed by atoms with E-state index in [2.05, 4.69) is 30.5 Å². The van der Waals surface area contributed by atoms with Crippen molar-refractivity contribution < 1.29 is 9.47 Å². The third kappa shape index (κ3) is 3.56. The first-order chi connectivity index (χ1) is 13.7. The smallest absolute Gasteiger partial charge is 0.226 e. The van der Waals surface area contributed by atoms with Crippen LogP contribution in [-0.2, 0) is 0 Å². The van der Waals surface area contributed by atoms with Crippen molar-refractivity contribution in [2.24, 2.45) is 5.73 Å². The van der Waals surface area contributed by atoms with Crippen LogP contribution in [0.5, 0.6) is 11.6 Å². The molecule has 0 aliphatic heterocycles. The number of anilines is 2. The van der Waals surface area contributed by atoms with Gasteiger partial charge in [-0.3, -0.25) is 5.10 Å². The molecule has 3 aromatic heterocycles. The van der Waals surface area contributed by atoms with Crippen molar-refractivity contribution >= 4 is 11.6 Å². The summed E-state index contributed by atoms with van der Waals surface area (Å²) in [6, 6.07) is 5.70. The lowest BCUT2D eigenvalue weighted by atomic mass is 9.90. The Bertz CT molecular complexity index is 1010. The maximum absolute atomic E-state index is 8.80. The summed E-state index contributed by atoms with van der Waals surface area (Å²) in [6.07, 6.45) is 6.20. The van der Waals surface area contributed by atoms with E-state index in [0.29, 0.717) is 34.5 Å². The van der Waals surface area contributed by atoms with Gasteiger partial charge in [0.05, 0.1) is 25.2 Å². The number of nitriles is 1. The zero-order valence-electron chi connectivity index (χ0n) is 15.1. The van der Waals surface area contributed by atoms with Gasteiger partial charge in [0, 0.05) is 18.3 Å². The number of rotatable bonds is 6. The van der Waals surface area contributed by atoms with Gasteiger partial charge in [-0.15, -0.1) is 0 Å². The molecule has 3 aromatic rings. The molecule has 142 valence electrons. The highest BCUT2D eigenvalue weighted by molar-refractivity contribution is 5.74. The van der Waals surface area contributed by atoms with Crippen LogP contribution in [0, 0.1) is 11.3 Å². The third-order valence-corrected chi connectivity index (χ3v) is 4.37. The van der Waals surface area contributed by atoms with E-state index in [9.17, 15) is 0 Å². The first-order valence-electron chi connectivity index (χ1n) is 8.66. The van der Waals surface area contributed by atoms with E-state index in [0.717, 1.165) is 12.8 Å². The Balaban J connectivity index is 1.59. The van der Waals surface area contributed by atoms with Gasteiger partial charge in [0.2, 0.25) is 5.88 Å². The van der Waals surface area contributed by atoms with Gasteiger partial charge in [-0.05, 0) is 18.9 Å². The minimum Gasteiger partial charge on any atom is -0.489 e. The van der Waals surface area contributed by atoms with Gasteiger partial charge < -0.3 is 20.5 Å². The predicted octanol–water partition coefficient (Wildman–Crippen LogP) is 1.75. The van der Waals surface area contributed by atoms with Crippen LogP contribution in [0.4, 0.5) is 11.6 Å². The lowest BCUT2D eigenvalue weighted by Crippen LogP contribution is -2.43. The summed E-state index contributed by atoms with van der Waals surface area (Å²) < 4.78 is 11.5. The summed E-state index contributed by atoms with van der Waals surface area (Å²) in [6.45, 7) is 0. The Labute approximate surface area is 160 Å². The van der Waals surface area contributed by atoms with E-state index in [4.69, 9.17) is 20.5 Å². The molecule has 0 spiro atoms. The number of methoxy groups -OCH3 is 1. The molecule has 4 N–H and O–H groups in total. The molecule has 1 aliphatic carbocycles. The highest BCUT2D eigenvalue weighted by Crippen LogP contribution is 2.38. The van der Waals surface area contributed by atoms with Crippen molar-refractivity contribution in [1.29, 1.82) is 5.26 Å². The summed E-state index contributed by atoms with van der Waals surface area (Å²) >= 11 is 0. The van der Waals surface area contributed by atoms with Gasteiger partial charge in [0.15, 0.2) is 11.5 Å². The van der Waals surface area contributed by atoms with Gasteiger partial charge in [-0.2, -0.15) is 10.4 Å². The number of nitrogens with zero attached hydrogens (tertiary/aromatic N) is 5. The fraction of sp³-hybridized carbons (Fsp3) is 0.278. The van der Waals surface area contributed by atoms with Crippen molar-refractivity contribution in [3.05, 3.63) is 36.4 Å². The minimum atomic E-state index is 0.0790. The average molecular weight is 378 g/mol. The van der Waals surface area contributed by atoms with E-state index in [1.54, 1.807) is 25.4 Å². The van der Waals surface area contributed by atoms with Crippen LogP contribution >= 0.6 is 0 Å². The standard InChI is InChI=1S/C18H18N8O2/c1-27-18-17(14(2-3-21-18)28-12-4-10(20)5-12)13-6-15(26-25-13)24-16-9-22-11(7-19)8-23-16/h2-3,6,8-10,12H,4-5,20H2,1H3,(H2,23,24,25,26)/t10-,12-. The molecular weight excluding hydrogens is 360 g/mol. The number of aromatic amines is 1. The molecule has 0 radical (unpaired) electrons. The van der Waals surface area contributed by atoms with Crippen LogP contribution in [-0.4, -0.2) is 44.4 Å². The van der Waals surface area contributed by atoms with Gasteiger partial charge in [0.1, 0.15) is 29.3 Å². The van der Waals surface area contributed by atoms with Crippen LogP contribution in [0.3, 0.4) is 0 Å². The molecule has 28 heavy (non-hydrogen) atoms. The van der Waals surface area contributed by atoms with E-state index >= 15 is 0 Å². The van der Waals surface area contributed by atoms with Crippen molar-refractivity contribution in [1.82, 2.24) is 25.1 Å². The van der Waals surface area contributed by atoms with Crippen molar-refractivity contribution in [3.63, 3.8) is 0 Å². The summed E-state index contributed by atoms with van der Waals surface area (Å²) in [4.78, 5) is 12.4. The van der Waals surface area contributed by atoms with Crippen LogP contribution < -0.4 is 20.5 Å². The molecule has 1 fully saturated rings. The molecule has 0 atom stereocenters. The number of nitrogens with two attached hydrogens (primary N) is 1. The van der Waals surface area contributed by atoms with Crippen LogP contribution in [0.2, 0.25) is 0 Å². The Morgan fingerprint density at radius 2 is 2.11 bits per heavy atom. The van der Waals surface area contributed by atoms with E-state index in [1.165, 1.54) is 12.4 Å². The Kier molecular flexibility index (Phi) is 4.74. The van der Waals surface area contributed by atoms with Crippen molar-refractivity contribution in [2.45, 2.75) is 25.0 Å². The largest absolute Gasteiger partial charge is 0.489 e. The van der Waals surface area contributed by atoms with Gasteiger partial charge in [0.25, 0.3) is 0 Å². The molecular formula is C18H18N8O2. The second kappa shape index (κ2) is 7.50. The zero-order chi connectivity index (χ0) is 19.5. The summed E-state index contributed by atoms with van der Waals surface area (Å²) in [5.41, 5.74) is 7.45. The molecule has 0 bridgehead atoms. The maximum Gasteiger partial charge on any atom is 0.226 e. The lowest BCUT2D eigenvalue weighted by molar-refractivity contribution is 0.101. The lowest BCUT2D eigenvalue weighted by Gasteiger charge is -2.33. The second-order valence-corrected chi connectivity index (χ2v) is 6.36. The first-order valence-corrected chi connectivity index (χ1v) is 8.66. The predicted molar refractivity (Wildman–Crippen MR) is 100 cm³/mol. The highest BCUT2D eigenvalue weighted by Gasteiger charge is 2.29. The fourth-order valence-corrected chi connectivity index (χ4v) is 2.90. The Morgan fingerprint density at radius 1 is 1.25 bits per heavy atom. The molecule has 3 heterocycles. The molecule has 0 aromatic carbocycles. The highest BCUT2D eigenvalue weighted by atomic mass is 16.5. The van der Waals surface area contributed by atoms with E-state index in [1.807, 2.05) is 6.07 Å². The molecule has 0 amide bonds. The van der Waals surface area contributed by atoms with Gasteiger partial charge >= 0.3 is 0 Å². The average Bonchev–Trinajstić information content (AvgIpc) is 3.15. The quantitative estimate of drug-likeness (QED) is 0.583. The molecule has 1 saturated carbocycles. The minimum absolute atomic E-state index is 0.0790. The fourth-order valence-electron chi connectivity index (χ4n) is 2.90. The number of pyridine rings is 1. The van der Waals surface area contributed by atoms with Crippen LogP contribution in [0.1, 0.15) is 18.5 Å². The molecule has 1 aliphatic rings. The van der Waals surface area contributed by atoms with Crippen molar-refractivity contribution in [3.8, 4) is 29.0 Å². The number of ether oxygens (including phenoxy) is 2. The number of hydrogen-bond acceptors (Lipinski definition) is 9. The molecule has 10 nitrogen and oxygen atoms in total. The van der Waals surface area contributed by atoms with Gasteiger partial charge in [-0.25, -0.2) is 15.0 Å². The summed E-state index contributed by atoms with van der Waals surface area (Å²) in [5.74, 6) is 2.07. The third-order valence-electron chi connectivity index (χ3n) is 4.37. The summed E-state index contributed by atoms with van der Waals surface area (Å²) in [7, 11) is 1.55. The zero-order valence-corrected chi connectivity index (χ0v) is 15.1. The molecule has 0 saturated heterocycles. The first kappa shape index (κ1) is 17.7. The number of aromatic nitrogens is 5. The Hall–Kier alpha value is -3.71. The number of H-pyrrole nitrogens is 1.